The van der Waals surface area contributed by atoms with Crippen LogP contribution >= 0.6 is 46.0 Å². The van der Waals surface area contributed by atoms with Crippen LogP contribution in [0.5, 0.6) is 0 Å². The number of fused-ring (bicyclic) bond motifs is 4. The van der Waals surface area contributed by atoms with Gasteiger partial charge in [-0.25, -0.2) is 9.98 Å². The molecule has 200 valence electrons. The van der Waals surface area contributed by atoms with Crippen molar-refractivity contribution >= 4 is 68.0 Å². The number of hydrogen-bond acceptors (Lipinski definition) is 7. The highest BCUT2D eigenvalue weighted by Crippen LogP contribution is 2.41. The monoisotopic (exact) mass is 609 g/mol. The van der Waals surface area contributed by atoms with Crippen LogP contribution in [0.25, 0.3) is 22.0 Å². The summed E-state index contributed by atoms with van der Waals surface area (Å²) in [7, 11) is 0. The van der Waals surface area contributed by atoms with Gasteiger partial charge < -0.3 is 4.42 Å². The molecule has 3 aromatic heterocycles. The number of aromatic nitrogens is 2. The van der Waals surface area contributed by atoms with Crippen molar-refractivity contribution in [3.63, 3.8) is 0 Å². The number of para-hydroxylation sites is 1. The summed E-state index contributed by atoms with van der Waals surface area (Å²) in [5.41, 5.74) is 6.51. The predicted octanol–water partition coefficient (Wildman–Crippen LogP) is 7.33. The van der Waals surface area contributed by atoms with Gasteiger partial charge in [0.2, 0.25) is 0 Å². The summed E-state index contributed by atoms with van der Waals surface area (Å²) >= 11 is 10.8. The van der Waals surface area contributed by atoms with E-state index in [1.807, 2.05) is 65.2 Å². The number of nitrogens with zero attached hydrogens (tertiary/aromatic N) is 3. The average molecular weight is 610 g/mol. The Morgan fingerprint density at radius 1 is 0.951 bits per heavy atom. The fourth-order valence-electron chi connectivity index (χ4n) is 5.54. The molecule has 4 heterocycles. The van der Waals surface area contributed by atoms with Crippen LogP contribution < -0.4 is 14.9 Å². The molecule has 0 saturated carbocycles. The maximum absolute atomic E-state index is 14.0. The average Bonchev–Trinajstić information content (AvgIpc) is 3.70. The van der Waals surface area contributed by atoms with Crippen molar-refractivity contribution in [3.05, 3.63) is 138 Å². The Morgan fingerprint density at radius 2 is 1.78 bits per heavy atom. The second-order valence-electron chi connectivity index (χ2n) is 9.87. The van der Waals surface area contributed by atoms with E-state index in [9.17, 15) is 4.79 Å². The second kappa shape index (κ2) is 9.99. The third-order valence-corrected chi connectivity index (χ3v) is 10.6. The minimum Gasteiger partial charge on any atom is -0.450 e. The zero-order valence-corrected chi connectivity index (χ0v) is 24.6. The summed E-state index contributed by atoms with van der Waals surface area (Å²) in [4.78, 5) is 24.4. The highest BCUT2D eigenvalue weighted by molar-refractivity contribution is 8.01. The van der Waals surface area contributed by atoms with Crippen LogP contribution in [0.15, 0.2) is 114 Å². The van der Waals surface area contributed by atoms with Crippen molar-refractivity contribution in [2.75, 3.05) is 0 Å². The Balaban J connectivity index is 1.22. The van der Waals surface area contributed by atoms with E-state index in [0.29, 0.717) is 20.1 Å². The smallest absolute Gasteiger partial charge is 0.271 e. The largest absolute Gasteiger partial charge is 0.450 e. The molecule has 0 bridgehead atoms. The fraction of sp³-hybridized carbons (Fsp3) is 0.0938. The van der Waals surface area contributed by atoms with Gasteiger partial charge in [0, 0.05) is 16.7 Å². The Hall–Kier alpha value is -3.69. The number of halogens is 1. The first-order valence-electron chi connectivity index (χ1n) is 13.1. The lowest BCUT2D eigenvalue weighted by molar-refractivity contribution is 0.466. The first-order chi connectivity index (χ1) is 20.1. The molecule has 0 fully saturated rings. The van der Waals surface area contributed by atoms with Gasteiger partial charge in [-0.2, -0.15) is 0 Å². The first kappa shape index (κ1) is 25.1. The second-order valence-corrected chi connectivity index (χ2v) is 13.6. The van der Waals surface area contributed by atoms with Crippen molar-refractivity contribution in [1.29, 1.82) is 0 Å². The highest BCUT2D eigenvalue weighted by Gasteiger charge is 2.32. The van der Waals surface area contributed by atoms with Gasteiger partial charge in [0.15, 0.2) is 14.2 Å². The highest BCUT2D eigenvalue weighted by atomic mass is 35.5. The van der Waals surface area contributed by atoms with Crippen molar-refractivity contribution in [2.45, 2.75) is 28.3 Å². The van der Waals surface area contributed by atoms with Crippen LogP contribution in [0, 0.1) is 0 Å². The molecule has 1 aliphatic carbocycles. The van der Waals surface area contributed by atoms with Crippen LogP contribution in [0.2, 0.25) is 5.02 Å². The van der Waals surface area contributed by atoms with Crippen molar-refractivity contribution in [1.82, 2.24) is 9.55 Å². The van der Waals surface area contributed by atoms with E-state index in [4.69, 9.17) is 21.0 Å². The topological polar surface area (TPSA) is 60.4 Å². The number of benzene rings is 3. The van der Waals surface area contributed by atoms with Crippen molar-refractivity contribution < 1.29 is 4.42 Å². The molecule has 0 spiro atoms. The number of thiazole rings is 2. The SMILES string of the molecule is O=c1/c(=C/c2ccc(Sc3nc4ccccc4s3)o2)sc2n1[C@@H](c1ccc(Cl)cc1)C1=C(N=2)c2ccccc2CC1. The summed E-state index contributed by atoms with van der Waals surface area (Å²) in [6.07, 6.45) is 3.58. The molecule has 1 atom stereocenters. The van der Waals surface area contributed by atoms with Gasteiger partial charge >= 0.3 is 0 Å². The van der Waals surface area contributed by atoms with Gasteiger partial charge in [-0.3, -0.25) is 9.36 Å². The third kappa shape index (κ3) is 4.42. The van der Waals surface area contributed by atoms with Crippen LogP contribution in [-0.2, 0) is 6.42 Å². The molecule has 5 nitrogen and oxygen atoms in total. The van der Waals surface area contributed by atoms with E-state index >= 15 is 0 Å². The molecule has 0 N–H and O–H groups in total. The Morgan fingerprint density at radius 3 is 2.66 bits per heavy atom. The summed E-state index contributed by atoms with van der Waals surface area (Å²) in [6.45, 7) is 0. The van der Waals surface area contributed by atoms with Crippen LogP contribution in [0.4, 0.5) is 0 Å². The van der Waals surface area contributed by atoms with Crippen LogP contribution in [0.3, 0.4) is 0 Å². The van der Waals surface area contributed by atoms with E-state index in [2.05, 4.69) is 35.3 Å². The summed E-state index contributed by atoms with van der Waals surface area (Å²) in [5, 5.41) is 1.40. The van der Waals surface area contributed by atoms with Gasteiger partial charge in [-0.05, 0) is 77.7 Å². The van der Waals surface area contributed by atoms with E-state index in [1.165, 1.54) is 28.7 Å². The molecule has 0 saturated heterocycles. The van der Waals surface area contributed by atoms with Crippen molar-refractivity contribution in [2.24, 2.45) is 4.99 Å². The molecular formula is C32H20ClN3O2S3. The van der Waals surface area contributed by atoms with Crippen LogP contribution in [0.1, 0.15) is 34.9 Å². The van der Waals surface area contributed by atoms with Gasteiger partial charge in [0.25, 0.3) is 5.56 Å². The van der Waals surface area contributed by atoms with E-state index in [0.717, 1.165) is 54.9 Å². The van der Waals surface area contributed by atoms with E-state index in [1.54, 1.807) is 11.3 Å². The van der Waals surface area contributed by atoms with Gasteiger partial charge in [0.1, 0.15) is 5.76 Å². The summed E-state index contributed by atoms with van der Waals surface area (Å²) in [5.74, 6) is 0.621. The number of hydrogen-bond donors (Lipinski definition) is 0. The third-order valence-electron chi connectivity index (χ3n) is 7.40. The molecule has 0 radical (unpaired) electrons. The zero-order valence-electron chi connectivity index (χ0n) is 21.4. The fourth-order valence-corrected chi connectivity index (χ4v) is 8.62. The molecule has 8 rings (SSSR count). The predicted molar refractivity (Wildman–Crippen MR) is 167 cm³/mol. The molecular weight excluding hydrogens is 590 g/mol. The molecule has 41 heavy (non-hydrogen) atoms. The van der Waals surface area contributed by atoms with E-state index in [-0.39, 0.29) is 11.6 Å². The molecule has 2 aliphatic rings. The molecule has 9 heteroatoms. The Bertz CT molecular complexity index is 2150. The molecule has 0 unspecified atom stereocenters. The summed E-state index contributed by atoms with van der Waals surface area (Å²) < 4.78 is 10.6. The van der Waals surface area contributed by atoms with E-state index < -0.39 is 0 Å². The lowest BCUT2D eigenvalue weighted by atomic mass is 9.83. The zero-order chi connectivity index (χ0) is 27.5. The first-order valence-corrected chi connectivity index (χ1v) is 16.0. The van der Waals surface area contributed by atoms with Gasteiger partial charge in [0.05, 0.1) is 26.5 Å². The Kier molecular flexibility index (Phi) is 6.11. The quantitative estimate of drug-likeness (QED) is 0.210. The standard InChI is InChI=1S/C32H20ClN3O2S3/c33-20-12-9-19(10-13-20)29-23-15-11-18-5-1-2-6-22(18)28(23)35-31-36(29)30(37)26(39-31)17-21-14-16-27(38-21)41-32-34-24-7-3-4-8-25(24)40-32/h1-10,12-14,16-17,29H,11,15H2/b26-17-/t29-/m0/s1. The van der Waals surface area contributed by atoms with Gasteiger partial charge in [-0.1, -0.05) is 71.5 Å². The maximum Gasteiger partial charge on any atom is 0.271 e. The van der Waals surface area contributed by atoms with Crippen LogP contribution in [-0.4, -0.2) is 9.55 Å². The molecule has 1 aliphatic heterocycles. The lowest BCUT2D eigenvalue weighted by Crippen LogP contribution is -2.38. The summed E-state index contributed by atoms with van der Waals surface area (Å²) in [6, 6.07) is 27.9. The maximum atomic E-state index is 14.0. The minimum atomic E-state index is -0.240. The number of furan rings is 1. The lowest BCUT2D eigenvalue weighted by Gasteiger charge is -2.30. The normalized spacial score (nSPS) is 16.4. The minimum absolute atomic E-state index is 0.0733. The molecule has 3 aromatic carbocycles. The molecule has 6 aromatic rings. The van der Waals surface area contributed by atoms with Gasteiger partial charge in [-0.15, -0.1) is 11.3 Å². The van der Waals surface area contributed by atoms with Crippen molar-refractivity contribution in [3.8, 4) is 0 Å². The number of aryl methyl sites for hydroxylation is 1. The number of allylic oxidation sites excluding steroid dienone is 1. The number of rotatable bonds is 4. The molecule has 0 amide bonds. The Labute approximate surface area is 251 Å².